The van der Waals surface area contributed by atoms with E-state index in [1.807, 2.05) is 37.3 Å². The summed E-state index contributed by atoms with van der Waals surface area (Å²) in [5.41, 5.74) is -0.170. The smallest absolute Gasteiger partial charge is 0.272 e. The van der Waals surface area contributed by atoms with E-state index >= 15 is 0 Å². The molecule has 146 valence electrons. The molecule has 2 heterocycles. The van der Waals surface area contributed by atoms with Gasteiger partial charge in [-0.1, -0.05) is 18.2 Å². The highest BCUT2D eigenvalue weighted by Gasteiger charge is 2.12. The van der Waals surface area contributed by atoms with E-state index in [4.69, 9.17) is 17.0 Å². The molecule has 0 aliphatic carbocycles. The van der Waals surface area contributed by atoms with Crippen LogP contribution in [0.5, 0.6) is 5.75 Å². The maximum atomic E-state index is 12.4. The van der Waals surface area contributed by atoms with Crippen molar-refractivity contribution in [3.63, 3.8) is 0 Å². The Balaban J connectivity index is 1.62. The Bertz CT molecular complexity index is 1060. The van der Waals surface area contributed by atoms with Gasteiger partial charge in [-0.15, -0.1) is 0 Å². The molecule has 1 amide bonds. The first kappa shape index (κ1) is 19.5. The fourth-order valence-electron chi connectivity index (χ4n) is 2.56. The van der Waals surface area contributed by atoms with Gasteiger partial charge in [0, 0.05) is 12.6 Å². The van der Waals surface area contributed by atoms with Crippen molar-refractivity contribution in [2.24, 2.45) is 0 Å². The van der Waals surface area contributed by atoms with Crippen molar-refractivity contribution in [3.05, 3.63) is 69.1 Å². The first-order valence-electron chi connectivity index (χ1n) is 8.76. The zero-order valence-corrected chi connectivity index (χ0v) is 16.1. The SMILES string of the molecule is CCn1c(CNC(=O)c2ccc(=O)n(CCOc3ccccc3)n2)n[nH]c1=S. The Morgan fingerprint density at radius 2 is 2.04 bits per heavy atom. The third kappa shape index (κ3) is 4.71. The van der Waals surface area contributed by atoms with E-state index in [0.717, 1.165) is 0 Å². The van der Waals surface area contributed by atoms with E-state index < -0.39 is 5.91 Å². The average Bonchev–Trinajstić information content (AvgIpc) is 3.07. The summed E-state index contributed by atoms with van der Waals surface area (Å²) < 4.78 is 9.06. The van der Waals surface area contributed by atoms with Gasteiger partial charge in [0.1, 0.15) is 18.1 Å². The topological polar surface area (TPSA) is 107 Å². The van der Waals surface area contributed by atoms with Crippen molar-refractivity contribution in [2.75, 3.05) is 6.61 Å². The number of carbonyl (C=O) groups is 1. The number of hydrogen-bond acceptors (Lipinski definition) is 6. The van der Waals surface area contributed by atoms with E-state index in [2.05, 4.69) is 20.6 Å². The van der Waals surface area contributed by atoms with Crippen LogP contribution >= 0.6 is 12.2 Å². The lowest BCUT2D eigenvalue weighted by Gasteiger charge is -2.09. The normalized spacial score (nSPS) is 10.6. The third-order valence-electron chi connectivity index (χ3n) is 3.97. The number of ether oxygens (including phenoxy) is 1. The number of nitrogens with zero attached hydrogens (tertiary/aromatic N) is 4. The summed E-state index contributed by atoms with van der Waals surface area (Å²) in [6.45, 7) is 3.26. The summed E-state index contributed by atoms with van der Waals surface area (Å²) >= 11 is 5.12. The molecule has 0 radical (unpaired) electrons. The minimum absolute atomic E-state index is 0.136. The van der Waals surface area contributed by atoms with Crippen LogP contribution in [0.1, 0.15) is 23.2 Å². The van der Waals surface area contributed by atoms with Gasteiger partial charge >= 0.3 is 0 Å². The Morgan fingerprint density at radius 1 is 1.25 bits per heavy atom. The van der Waals surface area contributed by atoms with Crippen LogP contribution in [0.15, 0.2) is 47.3 Å². The van der Waals surface area contributed by atoms with Crippen LogP contribution in [0.3, 0.4) is 0 Å². The van der Waals surface area contributed by atoms with Gasteiger partial charge < -0.3 is 14.6 Å². The van der Waals surface area contributed by atoms with E-state index in [0.29, 0.717) is 22.9 Å². The molecule has 9 nitrogen and oxygen atoms in total. The predicted octanol–water partition coefficient (Wildman–Crippen LogP) is 1.53. The molecule has 0 fully saturated rings. The average molecular weight is 400 g/mol. The Morgan fingerprint density at radius 3 is 2.79 bits per heavy atom. The maximum absolute atomic E-state index is 12.4. The van der Waals surface area contributed by atoms with Crippen molar-refractivity contribution in [2.45, 2.75) is 26.6 Å². The second-order valence-electron chi connectivity index (χ2n) is 5.81. The fraction of sp³-hybridized carbons (Fsp3) is 0.278. The first-order chi connectivity index (χ1) is 13.6. The third-order valence-corrected chi connectivity index (χ3v) is 4.29. The largest absolute Gasteiger partial charge is 0.492 e. The predicted molar refractivity (Wildman–Crippen MR) is 105 cm³/mol. The summed E-state index contributed by atoms with van der Waals surface area (Å²) in [5.74, 6) is 0.911. The van der Waals surface area contributed by atoms with Crippen LogP contribution in [-0.2, 0) is 19.6 Å². The van der Waals surface area contributed by atoms with Crippen LogP contribution in [0.2, 0.25) is 0 Å². The molecule has 2 N–H and O–H groups in total. The summed E-state index contributed by atoms with van der Waals surface area (Å²) in [6, 6.07) is 12.0. The molecule has 0 saturated carbocycles. The van der Waals surface area contributed by atoms with Gasteiger partial charge in [-0.3, -0.25) is 14.7 Å². The van der Waals surface area contributed by atoms with Crippen LogP contribution in [0, 0.1) is 4.77 Å². The van der Waals surface area contributed by atoms with Gasteiger partial charge in [-0.05, 0) is 37.3 Å². The number of hydrogen-bond donors (Lipinski definition) is 2. The zero-order valence-electron chi connectivity index (χ0n) is 15.3. The monoisotopic (exact) mass is 400 g/mol. The minimum Gasteiger partial charge on any atom is -0.492 e. The number of benzene rings is 1. The zero-order chi connectivity index (χ0) is 19.9. The van der Waals surface area contributed by atoms with Crippen molar-refractivity contribution >= 4 is 18.1 Å². The number of amides is 1. The Labute approximate surface area is 166 Å². The van der Waals surface area contributed by atoms with Crippen LogP contribution in [0.25, 0.3) is 0 Å². The molecular formula is C18H20N6O3S. The second-order valence-corrected chi connectivity index (χ2v) is 6.20. The molecule has 0 bridgehead atoms. The van der Waals surface area contributed by atoms with Crippen molar-refractivity contribution < 1.29 is 9.53 Å². The summed E-state index contributed by atoms with van der Waals surface area (Å²) in [4.78, 5) is 24.4. The van der Waals surface area contributed by atoms with E-state index in [1.165, 1.54) is 16.8 Å². The second kappa shape index (κ2) is 9.09. The van der Waals surface area contributed by atoms with Gasteiger partial charge in [0.15, 0.2) is 10.6 Å². The number of nitrogens with one attached hydrogen (secondary N) is 2. The number of aromatic amines is 1. The number of aromatic nitrogens is 5. The van der Waals surface area contributed by atoms with Crippen LogP contribution in [-0.4, -0.2) is 37.1 Å². The summed E-state index contributed by atoms with van der Waals surface area (Å²) in [7, 11) is 0. The molecule has 0 unspecified atom stereocenters. The highest BCUT2D eigenvalue weighted by molar-refractivity contribution is 7.71. The van der Waals surface area contributed by atoms with E-state index in [9.17, 15) is 9.59 Å². The highest BCUT2D eigenvalue weighted by atomic mass is 32.1. The van der Waals surface area contributed by atoms with Gasteiger partial charge in [0.05, 0.1) is 13.1 Å². The first-order valence-corrected chi connectivity index (χ1v) is 9.17. The number of H-pyrrole nitrogens is 1. The van der Waals surface area contributed by atoms with Gasteiger partial charge in [0.2, 0.25) is 0 Å². The molecule has 0 spiro atoms. The lowest BCUT2D eigenvalue weighted by Crippen LogP contribution is -2.31. The quantitative estimate of drug-likeness (QED) is 0.556. The Hall–Kier alpha value is -3.27. The summed E-state index contributed by atoms with van der Waals surface area (Å²) in [6.07, 6.45) is 0. The lowest BCUT2D eigenvalue weighted by atomic mass is 10.3. The molecule has 0 saturated heterocycles. The van der Waals surface area contributed by atoms with Crippen molar-refractivity contribution in [3.8, 4) is 5.75 Å². The molecule has 0 aliphatic heterocycles. The molecular weight excluding hydrogens is 380 g/mol. The van der Waals surface area contributed by atoms with Gasteiger partial charge in [-0.2, -0.15) is 10.2 Å². The fourth-order valence-corrected chi connectivity index (χ4v) is 2.84. The molecule has 10 heteroatoms. The number of carbonyl (C=O) groups excluding carboxylic acids is 1. The lowest BCUT2D eigenvalue weighted by molar-refractivity contribution is 0.0941. The number of para-hydroxylation sites is 1. The number of rotatable bonds is 8. The minimum atomic E-state index is -0.408. The van der Waals surface area contributed by atoms with E-state index in [1.54, 1.807) is 4.57 Å². The van der Waals surface area contributed by atoms with Crippen LogP contribution in [0.4, 0.5) is 0 Å². The van der Waals surface area contributed by atoms with Crippen molar-refractivity contribution in [1.82, 2.24) is 29.9 Å². The van der Waals surface area contributed by atoms with E-state index in [-0.39, 0.29) is 30.9 Å². The maximum Gasteiger partial charge on any atom is 0.272 e. The molecule has 0 aliphatic rings. The van der Waals surface area contributed by atoms with Gasteiger partial charge in [-0.25, -0.2) is 4.68 Å². The molecule has 1 aromatic carbocycles. The standard InChI is InChI=1S/C18H20N6O3S/c1-2-23-15(20-21-18(23)28)12-19-17(26)14-8-9-16(25)24(22-14)10-11-27-13-6-4-3-5-7-13/h3-9H,2,10-12H2,1H3,(H,19,26)(H,21,28). The highest BCUT2D eigenvalue weighted by Crippen LogP contribution is 2.07. The van der Waals surface area contributed by atoms with Gasteiger partial charge in [0.25, 0.3) is 11.5 Å². The van der Waals surface area contributed by atoms with Crippen molar-refractivity contribution in [1.29, 1.82) is 0 Å². The summed E-state index contributed by atoms with van der Waals surface area (Å²) in [5, 5.41) is 13.6. The molecule has 28 heavy (non-hydrogen) atoms. The molecule has 3 rings (SSSR count). The molecule has 0 atom stereocenters. The Kier molecular flexibility index (Phi) is 6.33. The molecule has 2 aromatic heterocycles. The van der Waals surface area contributed by atoms with Crippen LogP contribution < -0.4 is 15.6 Å². The molecule has 3 aromatic rings.